The van der Waals surface area contributed by atoms with Gasteiger partial charge in [0.15, 0.2) is 5.82 Å². The van der Waals surface area contributed by atoms with E-state index in [-0.39, 0.29) is 12.1 Å². The molecule has 31 heavy (non-hydrogen) atoms. The summed E-state index contributed by atoms with van der Waals surface area (Å²) in [6, 6.07) is 19.5. The Balaban J connectivity index is 1.40. The summed E-state index contributed by atoms with van der Waals surface area (Å²) in [4.78, 5) is 4.97. The minimum Gasteiger partial charge on any atom is -0.376 e. The first-order valence-corrected chi connectivity index (χ1v) is 11.3. The molecule has 3 heterocycles. The average molecular weight is 419 g/mol. The molecule has 2 fully saturated rings. The van der Waals surface area contributed by atoms with Gasteiger partial charge in [-0.15, -0.1) is 5.10 Å². The second-order valence-electron chi connectivity index (χ2n) is 8.53. The Bertz CT molecular complexity index is 959. The number of tetrazole rings is 1. The second-order valence-corrected chi connectivity index (χ2v) is 8.53. The van der Waals surface area contributed by atoms with Crippen molar-refractivity contribution in [2.24, 2.45) is 0 Å². The SMILES string of the molecule is Cc1ccc([C@@H](c2nnnn2C[C@@H]2CCCO2)N2CCN(c3ccccc3)CC2)cc1. The van der Waals surface area contributed by atoms with Crippen LogP contribution in [0.25, 0.3) is 0 Å². The van der Waals surface area contributed by atoms with Gasteiger partial charge in [-0.25, -0.2) is 4.68 Å². The first kappa shape index (κ1) is 20.2. The van der Waals surface area contributed by atoms with Crippen molar-refractivity contribution in [3.05, 3.63) is 71.5 Å². The van der Waals surface area contributed by atoms with E-state index < -0.39 is 0 Å². The molecule has 1 aromatic heterocycles. The zero-order chi connectivity index (χ0) is 21.0. The largest absolute Gasteiger partial charge is 0.376 e. The minimum atomic E-state index is 0.0370. The zero-order valence-corrected chi connectivity index (χ0v) is 18.1. The minimum absolute atomic E-state index is 0.0370. The summed E-state index contributed by atoms with van der Waals surface area (Å²) in [5.41, 5.74) is 3.79. The maximum absolute atomic E-state index is 5.85. The molecule has 0 N–H and O–H groups in total. The highest BCUT2D eigenvalue weighted by molar-refractivity contribution is 5.46. The van der Waals surface area contributed by atoms with Gasteiger partial charge in [0.1, 0.15) is 0 Å². The fourth-order valence-electron chi connectivity index (χ4n) is 4.67. The van der Waals surface area contributed by atoms with Crippen LogP contribution in [0.1, 0.15) is 35.8 Å². The first-order valence-electron chi connectivity index (χ1n) is 11.3. The molecule has 0 bridgehead atoms. The average Bonchev–Trinajstić information content (AvgIpc) is 3.49. The maximum Gasteiger partial charge on any atom is 0.173 e. The molecular formula is C24H30N6O. The van der Waals surface area contributed by atoms with Crippen LogP contribution >= 0.6 is 0 Å². The van der Waals surface area contributed by atoms with Gasteiger partial charge in [0, 0.05) is 38.5 Å². The van der Waals surface area contributed by atoms with E-state index in [1.807, 2.05) is 4.68 Å². The van der Waals surface area contributed by atoms with Crippen LogP contribution in [0.15, 0.2) is 54.6 Å². The van der Waals surface area contributed by atoms with Crippen molar-refractivity contribution in [3.63, 3.8) is 0 Å². The van der Waals surface area contributed by atoms with Crippen LogP contribution in [0.5, 0.6) is 0 Å². The van der Waals surface area contributed by atoms with Gasteiger partial charge in [0.05, 0.1) is 18.7 Å². The molecule has 2 saturated heterocycles. The number of nitrogens with zero attached hydrogens (tertiary/aromatic N) is 6. The fourth-order valence-corrected chi connectivity index (χ4v) is 4.67. The summed E-state index contributed by atoms with van der Waals surface area (Å²) in [5.74, 6) is 0.910. The lowest BCUT2D eigenvalue weighted by molar-refractivity contribution is 0.0906. The predicted molar refractivity (Wildman–Crippen MR) is 120 cm³/mol. The highest BCUT2D eigenvalue weighted by Crippen LogP contribution is 2.30. The number of anilines is 1. The summed E-state index contributed by atoms with van der Waals surface area (Å²) in [5, 5.41) is 12.9. The maximum atomic E-state index is 5.85. The fraction of sp³-hybridized carbons (Fsp3) is 0.458. The standard InChI is InChI=1S/C24H30N6O/c1-19-9-11-20(12-10-19)23(24-25-26-27-30(24)18-22-8-5-17-31-22)29-15-13-28(14-16-29)21-6-3-2-4-7-21/h2-4,6-7,9-12,22-23H,5,8,13-18H2,1H3/t22-,23-/m0/s1. The third-order valence-corrected chi connectivity index (χ3v) is 6.40. The molecule has 0 radical (unpaired) electrons. The van der Waals surface area contributed by atoms with E-state index in [2.05, 4.69) is 86.8 Å². The van der Waals surface area contributed by atoms with Crippen molar-refractivity contribution in [2.45, 2.75) is 38.5 Å². The number of hydrogen-bond donors (Lipinski definition) is 0. The summed E-state index contributed by atoms with van der Waals surface area (Å²) >= 11 is 0. The van der Waals surface area contributed by atoms with Crippen molar-refractivity contribution >= 4 is 5.69 Å². The van der Waals surface area contributed by atoms with Gasteiger partial charge in [0.2, 0.25) is 0 Å². The van der Waals surface area contributed by atoms with Crippen molar-refractivity contribution in [1.82, 2.24) is 25.1 Å². The van der Waals surface area contributed by atoms with Crippen LogP contribution in [0.4, 0.5) is 5.69 Å². The van der Waals surface area contributed by atoms with Gasteiger partial charge in [-0.1, -0.05) is 48.0 Å². The van der Waals surface area contributed by atoms with Crippen LogP contribution in [-0.4, -0.2) is 64.0 Å². The van der Waals surface area contributed by atoms with E-state index in [1.54, 1.807) is 0 Å². The van der Waals surface area contributed by atoms with E-state index in [0.29, 0.717) is 6.54 Å². The van der Waals surface area contributed by atoms with E-state index in [9.17, 15) is 0 Å². The predicted octanol–water partition coefficient (Wildman–Crippen LogP) is 3.07. The monoisotopic (exact) mass is 418 g/mol. The third-order valence-electron chi connectivity index (χ3n) is 6.40. The lowest BCUT2D eigenvalue weighted by atomic mass is 10.0. The van der Waals surface area contributed by atoms with Crippen LogP contribution in [0, 0.1) is 6.92 Å². The molecule has 0 unspecified atom stereocenters. The number of aromatic nitrogens is 4. The van der Waals surface area contributed by atoms with Gasteiger partial charge in [-0.05, 0) is 47.9 Å². The molecular weight excluding hydrogens is 388 g/mol. The molecule has 7 heteroatoms. The van der Waals surface area contributed by atoms with Gasteiger partial charge >= 0.3 is 0 Å². The van der Waals surface area contributed by atoms with E-state index >= 15 is 0 Å². The molecule has 0 spiro atoms. The number of rotatable bonds is 6. The second kappa shape index (κ2) is 9.16. The number of hydrogen-bond acceptors (Lipinski definition) is 6. The quantitative estimate of drug-likeness (QED) is 0.613. The number of aryl methyl sites for hydroxylation is 1. The Morgan fingerprint density at radius 2 is 1.77 bits per heavy atom. The smallest absolute Gasteiger partial charge is 0.173 e. The highest BCUT2D eigenvalue weighted by Gasteiger charge is 2.31. The summed E-state index contributed by atoms with van der Waals surface area (Å²) in [6.45, 7) is 7.57. The van der Waals surface area contributed by atoms with E-state index in [1.165, 1.54) is 16.8 Å². The molecule has 2 aliphatic rings. The molecule has 0 aliphatic carbocycles. The Morgan fingerprint density at radius 3 is 2.48 bits per heavy atom. The molecule has 2 atom stereocenters. The zero-order valence-electron chi connectivity index (χ0n) is 18.1. The topological polar surface area (TPSA) is 59.3 Å². The molecule has 7 nitrogen and oxygen atoms in total. The van der Waals surface area contributed by atoms with Gasteiger partial charge in [0.25, 0.3) is 0 Å². The summed E-state index contributed by atoms with van der Waals surface area (Å²) < 4.78 is 7.82. The molecule has 5 rings (SSSR count). The molecule has 2 aromatic carbocycles. The van der Waals surface area contributed by atoms with Gasteiger partial charge in [-0.3, -0.25) is 4.90 Å². The van der Waals surface area contributed by atoms with Crippen molar-refractivity contribution in [2.75, 3.05) is 37.7 Å². The van der Waals surface area contributed by atoms with Gasteiger partial charge in [-0.2, -0.15) is 0 Å². The normalized spacial score (nSPS) is 20.8. The number of piperazine rings is 1. The third kappa shape index (κ3) is 4.48. The van der Waals surface area contributed by atoms with Crippen LogP contribution < -0.4 is 4.90 Å². The van der Waals surface area contributed by atoms with Crippen LogP contribution in [-0.2, 0) is 11.3 Å². The van der Waals surface area contributed by atoms with Crippen molar-refractivity contribution in [3.8, 4) is 0 Å². The van der Waals surface area contributed by atoms with Crippen molar-refractivity contribution in [1.29, 1.82) is 0 Å². The first-order chi connectivity index (χ1) is 15.3. The Hall–Kier alpha value is -2.77. The van der Waals surface area contributed by atoms with E-state index in [0.717, 1.165) is 51.5 Å². The van der Waals surface area contributed by atoms with E-state index in [4.69, 9.17) is 4.74 Å². The van der Waals surface area contributed by atoms with Crippen LogP contribution in [0.2, 0.25) is 0 Å². The molecule has 2 aliphatic heterocycles. The molecule has 0 saturated carbocycles. The van der Waals surface area contributed by atoms with Gasteiger partial charge < -0.3 is 9.64 Å². The highest BCUT2D eigenvalue weighted by atomic mass is 16.5. The van der Waals surface area contributed by atoms with Crippen molar-refractivity contribution < 1.29 is 4.74 Å². The lowest BCUT2D eigenvalue weighted by Crippen LogP contribution is -2.48. The molecule has 0 amide bonds. The number of benzene rings is 2. The Kier molecular flexibility index (Phi) is 5.95. The Labute approximate surface area is 183 Å². The molecule has 162 valence electrons. The van der Waals surface area contributed by atoms with Crippen LogP contribution in [0.3, 0.4) is 0 Å². The summed E-state index contributed by atoms with van der Waals surface area (Å²) in [6.07, 6.45) is 2.39. The number of para-hydroxylation sites is 1. The molecule has 3 aromatic rings. The number of ether oxygens (including phenoxy) is 1. The summed E-state index contributed by atoms with van der Waals surface area (Å²) in [7, 11) is 0. The lowest BCUT2D eigenvalue weighted by Gasteiger charge is -2.40. The Morgan fingerprint density at radius 1 is 1.00 bits per heavy atom.